The van der Waals surface area contributed by atoms with E-state index >= 15 is 0 Å². The first-order valence-electron chi connectivity index (χ1n) is 9.93. The molecule has 0 fully saturated rings. The van der Waals surface area contributed by atoms with Gasteiger partial charge in [-0.15, -0.1) is 11.3 Å². The van der Waals surface area contributed by atoms with Crippen LogP contribution in [0, 0.1) is 20.8 Å². The molecule has 1 heterocycles. The Morgan fingerprint density at radius 3 is 2.47 bits per heavy atom. The zero-order chi connectivity index (χ0) is 23.1. The number of hydrogen-bond donors (Lipinski definition) is 2. The number of nitrogens with one attached hydrogen (secondary N) is 2. The van der Waals surface area contributed by atoms with Gasteiger partial charge in [0.25, 0.3) is 11.8 Å². The maximum Gasteiger partial charge on any atom is 0.281 e. The van der Waals surface area contributed by atoms with Crippen LogP contribution in [-0.2, 0) is 4.79 Å². The minimum absolute atomic E-state index is 0.159. The van der Waals surface area contributed by atoms with Gasteiger partial charge < -0.3 is 14.8 Å². The molecule has 0 atom stereocenters. The molecule has 0 aliphatic heterocycles. The van der Waals surface area contributed by atoms with Gasteiger partial charge in [0.2, 0.25) is 0 Å². The Balaban J connectivity index is 1.59. The second-order valence-corrected chi connectivity index (χ2v) is 8.14. The molecule has 0 spiro atoms. The van der Waals surface area contributed by atoms with Crippen molar-refractivity contribution in [2.75, 3.05) is 19.0 Å². The third kappa shape index (κ3) is 5.95. The molecule has 2 aromatic carbocycles. The highest BCUT2D eigenvalue weighted by Gasteiger charge is 2.11. The highest BCUT2D eigenvalue weighted by molar-refractivity contribution is 7.12. The zero-order valence-corrected chi connectivity index (χ0v) is 19.2. The number of hydrazone groups is 1. The summed E-state index contributed by atoms with van der Waals surface area (Å²) in [6, 6.07) is 12.7. The van der Waals surface area contributed by atoms with Gasteiger partial charge in [-0.2, -0.15) is 5.10 Å². The van der Waals surface area contributed by atoms with Crippen LogP contribution in [0.3, 0.4) is 0 Å². The minimum atomic E-state index is -0.270. The SMILES string of the molecule is COc1cc(/C=N/NC(=O)c2cccs2)ccc1OCC(=O)Nc1c(C)cc(C)cc1C. The molecule has 7 nitrogen and oxygen atoms in total. The normalized spacial score (nSPS) is 10.8. The molecule has 8 heteroatoms. The van der Waals surface area contributed by atoms with Gasteiger partial charge in [0.1, 0.15) is 0 Å². The molecule has 0 saturated heterocycles. The lowest BCUT2D eigenvalue weighted by molar-refractivity contribution is -0.118. The number of carbonyl (C=O) groups excluding carboxylic acids is 2. The Bertz CT molecular complexity index is 1120. The van der Waals surface area contributed by atoms with Gasteiger partial charge in [-0.25, -0.2) is 5.43 Å². The summed E-state index contributed by atoms with van der Waals surface area (Å²) in [5.41, 5.74) is 7.13. The third-order valence-corrected chi connectivity index (χ3v) is 5.48. The van der Waals surface area contributed by atoms with Crippen LogP contribution >= 0.6 is 11.3 Å². The van der Waals surface area contributed by atoms with Crippen molar-refractivity contribution in [2.45, 2.75) is 20.8 Å². The lowest BCUT2D eigenvalue weighted by Gasteiger charge is -2.14. The van der Waals surface area contributed by atoms with E-state index in [1.807, 2.05) is 38.3 Å². The van der Waals surface area contributed by atoms with Crippen LogP contribution < -0.4 is 20.2 Å². The summed E-state index contributed by atoms with van der Waals surface area (Å²) < 4.78 is 11.0. The van der Waals surface area contributed by atoms with Crippen molar-refractivity contribution < 1.29 is 19.1 Å². The molecular weight excluding hydrogens is 426 g/mol. The number of ether oxygens (including phenoxy) is 2. The summed E-state index contributed by atoms with van der Waals surface area (Å²) in [5, 5.41) is 8.70. The summed E-state index contributed by atoms with van der Waals surface area (Å²) in [7, 11) is 1.51. The van der Waals surface area contributed by atoms with Crippen LogP contribution in [0.25, 0.3) is 0 Å². The fourth-order valence-electron chi connectivity index (χ4n) is 3.21. The number of nitrogens with zero attached hydrogens (tertiary/aromatic N) is 1. The predicted octanol–water partition coefficient (Wildman–Crippen LogP) is 4.46. The van der Waals surface area contributed by atoms with Crippen LogP contribution in [0.15, 0.2) is 52.9 Å². The number of thiophene rings is 1. The van der Waals surface area contributed by atoms with Crippen molar-refractivity contribution in [3.05, 3.63) is 75.0 Å². The molecule has 1 aromatic heterocycles. The van der Waals surface area contributed by atoms with E-state index < -0.39 is 0 Å². The molecule has 0 saturated carbocycles. The van der Waals surface area contributed by atoms with Crippen LogP contribution in [-0.4, -0.2) is 31.7 Å². The van der Waals surface area contributed by atoms with E-state index in [4.69, 9.17) is 9.47 Å². The van der Waals surface area contributed by atoms with Gasteiger partial charge in [0, 0.05) is 5.69 Å². The van der Waals surface area contributed by atoms with E-state index in [0.29, 0.717) is 21.9 Å². The molecule has 3 rings (SSSR count). The van der Waals surface area contributed by atoms with Gasteiger partial charge in [-0.1, -0.05) is 23.8 Å². The maximum absolute atomic E-state index is 12.4. The molecule has 0 unspecified atom stereocenters. The molecule has 0 aliphatic rings. The zero-order valence-electron chi connectivity index (χ0n) is 18.4. The van der Waals surface area contributed by atoms with E-state index in [-0.39, 0.29) is 18.4 Å². The van der Waals surface area contributed by atoms with E-state index in [1.165, 1.54) is 24.7 Å². The van der Waals surface area contributed by atoms with Crippen molar-refractivity contribution in [3.63, 3.8) is 0 Å². The number of rotatable bonds is 8. The van der Waals surface area contributed by atoms with E-state index in [0.717, 1.165) is 22.4 Å². The standard InChI is InChI=1S/C24H25N3O4S/c1-15-10-16(2)23(17(3)11-15)26-22(28)14-31-19-8-7-18(12-20(19)30-4)13-25-27-24(29)21-6-5-9-32-21/h5-13H,14H2,1-4H3,(H,26,28)(H,27,29)/b25-13+. The van der Waals surface area contributed by atoms with Crippen molar-refractivity contribution in [3.8, 4) is 11.5 Å². The molecule has 3 aromatic rings. The van der Waals surface area contributed by atoms with E-state index in [1.54, 1.807) is 30.3 Å². The molecule has 2 amide bonds. The number of benzene rings is 2. The number of hydrogen-bond acceptors (Lipinski definition) is 6. The largest absolute Gasteiger partial charge is 0.493 e. The number of amides is 2. The highest BCUT2D eigenvalue weighted by atomic mass is 32.1. The first-order chi connectivity index (χ1) is 15.4. The minimum Gasteiger partial charge on any atom is -0.493 e. The van der Waals surface area contributed by atoms with Gasteiger partial charge in [-0.05, 0) is 67.1 Å². The number of carbonyl (C=O) groups is 2. The molecule has 166 valence electrons. The molecule has 0 aliphatic carbocycles. The van der Waals surface area contributed by atoms with Gasteiger partial charge in [0.15, 0.2) is 18.1 Å². The lowest BCUT2D eigenvalue weighted by atomic mass is 10.1. The number of methoxy groups -OCH3 is 1. The van der Waals surface area contributed by atoms with Gasteiger partial charge in [0.05, 0.1) is 18.2 Å². The number of aryl methyl sites for hydroxylation is 3. The van der Waals surface area contributed by atoms with Crippen LogP contribution in [0.2, 0.25) is 0 Å². The van der Waals surface area contributed by atoms with Crippen molar-refractivity contribution >= 4 is 35.1 Å². The van der Waals surface area contributed by atoms with Gasteiger partial charge >= 0.3 is 0 Å². The Kier molecular flexibility index (Phi) is 7.62. The average molecular weight is 452 g/mol. The topological polar surface area (TPSA) is 89.0 Å². The van der Waals surface area contributed by atoms with Crippen LogP contribution in [0.1, 0.15) is 31.9 Å². The highest BCUT2D eigenvalue weighted by Crippen LogP contribution is 2.28. The third-order valence-electron chi connectivity index (χ3n) is 4.61. The molecule has 2 N–H and O–H groups in total. The molecular formula is C24H25N3O4S. The Labute approximate surface area is 191 Å². The summed E-state index contributed by atoms with van der Waals surface area (Å²) in [4.78, 5) is 24.9. The second kappa shape index (κ2) is 10.6. The van der Waals surface area contributed by atoms with E-state index in [9.17, 15) is 9.59 Å². The predicted molar refractivity (Wildman–Crippen MR) is 127 cm³/mol. The maximum atomic E-state index is 12.4. The van der Waals surface area contributed by atoms with Crippen LogP contribution in [0.5, 0.6) is 11.5 Å². The summed E-state index contributed by atoms with van der Waals surface area (Å²) in [6.45, 7) is 5.78. The molecule has 0 bridgehead atoms. The first-order valence-corrected chi connectivity index (χ1v) is 10.8. The number of anilines is 1. The van der Waals surface area contributed by atoms with Crippen LogP contribution in [0.4, 0.5) is 5.69 Å². The smallest absolute Gasteiger partial charge is 0.281 e. The quantitative estimate of drug-likeness (QED) is 0.391. The van der Waals surface area contributed by atoms with Crippen molar-refractivity contribution in [1.82, 2.24) is 5.43 Å². The van der Waals surface area contributed by atoms with Gasteiger partial charge in [-0.3, -0.25) is 9.59 Å². The van der Waals surface area contributed by atoms with E-state index in [2.05, 4.69) is 15.8 Å². The first kappa shape index (κ1) is 23.0. The summed E-state index contributed by atoms with van der Waals surface area (Å²) in [5.74, 6) is 0.353. The fourth-order valence-corrected chi connectivity index (χ4v) is 3.82. The second-order valence-electron chi connectivity index (χ2n) is 7.20. The van der Waals surface area contributed by atoms with Crippen molar-refractivity contribution in [2.24, 2.45) is 5.10 Å². The summed E-state index contributed by atoms with van der Waals surface area (Å²) >= 11 is 1.34. The Hall–Kier alpha value is -3.65. The average Bonchev–Trinajstić information content (AvgIpc) is 3.30. The Morgan fingerprint density at radius 1 is 1.06 bits per heavy atom. The summed E-state index contributed by atoms with van der Waals surface area (Å²) in [6.07, 6.45) is 1.51. The van der Waals surface area contributed by atoms with Crippen molar-refractivity contribution in [1.29, 1.82) is 0 Å². The lowest BCUT2D eigenvalue weighted by Crippen LogP contribution is -2.21. The Morgan fingerprint density at radius 2 is 1.81 bits per heavy atom. The monoisotopic (exact) mass is 451 g/mol. The fraction of sp³-hybridized carbons (Fsp3) is 0.208. The molecule has 0 radical (unpaired) electrons. The molecule has 32 heavy (non-hydrogen) atoms.